The molecule has 0 atom stereocenters. The van der Waals surface area contributed by atoms with Crippen LogP contribution in [0.2, 0.25) is 5.02 Å². The van der Waals surface area contributed by atoms with Crippen molar-refractivity contribution in [3.05, 3.63) is 28.8 Å². The Morgan fingerprint density at radius 1 is 1.39 bits per heavy atom. The highest BCUT2D eigenvalue weighted by Crippen LogP contribution is 2.21. The third-order valence-electron chi connectivity index (χ3n) is 2.54. The molecule has 0 unspecified atom stereocenters. The average Bonchev–Trinajstić information content (AvgIpc) is 2.22. The molecule has 0 aliphatic rings. The van der Waals surface area contributed by atoms with Gasteiger partial charge in [0.25, 0.3) is 0 Å². The zero-order valence-corrected chi connectivity index (χ0v) is 11.9. The predicted molar refractivity (Wildman–Crippen MR) is 74.8 cm³/mol. The fraction of sp³-hybridized carbons (Fsp3) is 0.500. The van der Waals surface area contributed by atoms with Gasteiger partial charge in [0.05, 0.1) is 12.2 Å². The lowest BCUT2D eigenvalue weighted by atomic mass is 9.91. The molecule has 0 aliphatic carbocycles. The number of nitrogens with two attached hydrogens (primary N) is 1. The van der Waals surface area contributed by atoms with E-state index in [1.165, 1.54) is 0 Å². The fourth-order valence-corrected chi connectivity index (χ4v) is 1.75. The molecule has 0 saturated heterocycles. The van der Waals surface area contributed by atoms with Crippen LogP contribution in [-0.4, -0.2) is 12.6 Å². The Hall–Kier alpha value is -1.22. The number of carbonyl (C=O) groups is 1. The first kappa shape index (κ1) is 14.8. The van der Waals surface area contributed by atoms with Gasteiger partial charge >= 0.3 is 5.97 Å². The molecular formula is C14H20ClNO2. The molecule has 0 heterocycles. The lowest BCUT2D eigenvalue weighted by molar-refractivity contribution is 0.0489. The van der Waals surface area contributed by atoms with Crippen LogP contribution in [0.15, 0.2) is 18.2 Å². The highest BCUT2D eigenvalue weighted by molar-refractivity contribution is 6.31. The highest BCUT2D eigenvalue weighted by Gasteiger charge is 2.13. The monoisotopic (exact) mass is 269 g/mol. The number of nitrogen functional groups attached to an aromatic ring is 1. The molecule has 1 aromatic carbocycles. The van der Waals surface area contributed by atoms with Crippen molar-refractivity contribution >= 4 is 23.3 Å². The lowest BCUT2D eigenvalue weighted by Gasteiger charge is -2.17. The predicted octanol–water partition coefficient (Wildman–Crippen LogP) is 3.91. The Bertz CT molecular complexity index is 424. The normalized spacial score (nSPS) is 11.3. The van der Waals surface area contributed by atoms with Gasteiger partial charge in [-0.15, -0.1) is 0 Å². The first-order valence-corrected chi connectivity index (χ1v) is 6.39. The summed E-state index contributed by atoms with van der Waals surface area (Å²) in [6, 6.07) is 4.76. The molecule has 0 saturated carbocycles. The largest absolute Gasteiger partial charge is 0.462 e. The minimum Gasteiger partial charge on any atom is -0.462 e. The zero-order valence-electron chi connectivity index (χ0n) is 11.1. The van der Waals surface area contributed by atoms with Gasteiger partial charge in [-0.1, -0.05) is 32.4 Å². The number of carbonyl (C=O) groups excluding carboxylic acids is 1. The van der Waals surface area contributed by atoms with Gasteiger partial charge in [-0.3, -0.25) is 0 Å². The Kier molecular flexibility index (Phi) is 5.03. The second kappa shape index (κ2) is 6.10. The van der Waals surface area contributed by atoms with Gasteiger partial charge in [0.1, 0.15) is 0 Å². The summed E-state index contributed by atoms with van der Waals surface area (Å²) in [5.41, 5.74) is 6.69. The molecule has 0 amide bonds. The van der Waals surface area contributed by atoms with Crippen LogP contribution in [0.4, 0.5) is 5.69 Å². The van der Waals surface area contributed by atoms with E-state index in [0.29, 0.717) is 22.9 Å². The Balaban J connectivity index is 2.46. The van der Waals surface area contributed by atoms with E-state index in [0.717, 1.165) is 12.8 Å². The van der Waals surface area contributed by atoms with Crippen LogP contribution < -0.4 is 5.73 Å². The Morgan fingerprint density at radius 3 is 2.61 bits per heavy atom. The second-order valence-corrected chi connectivity index (χ2v) is 5.97. The molecule has 3 nitrogen and oxygen atoms in total. The quantitative estimate of drug-likeness (QED) is 0.512. The summed E-state index contributed by atoms with van der Waals surface area (Å²) in [6.07, 6.45) is 1.86. The van der Waals surface area contributed by atoms with Crippen LogP contribution in [0.1, 0.15) is 44.0 Å². The number of hydrogen-bond donors (Lipinski definition) is 1. The number of halogens is 1. The van der Waals surface area contributed by atoms with Crippen molar-refractivity contribution in [3.8, 4) is 0 Å². The third kappa shape index (κ3) is 4.96. The van der Waals surface area contributed by atoms with Gasteiger partial charge in [-0.2, -0.15) is 0 Å². The minimum absolute atomic E-state index is 0.256. The van der Waals surface area contributed by atoms with Crippen LogP contribution in [0.3, 0.4) is 0 Å². The first-order chi connectivity index (χ1) is 8.29. The van der Waals surface area contributed by atoms with Gasteiger partial charge in [0.2, 0.25) is 0 Å². The van der Waals surface area contributed by atoms with Crippen molar-refractivity contribution in [2.24, 2.45) is 5.41 Å². The van der Waals surface area contributed by atoms with Gasteiger partial charge in [-0.05, 0) is 36.5 Å². The van der Waals surface area contributed by atoms with Crippen LogP contribution in [0.25, 0.3) is 0 Å². The van der Waals surface area contributed by atoms with Crippen molar-refractivity contribution in [1.82, 2.24) is 0 Å². The fourth-order valence-electron chi connectivity index (χ4n) is 1.56. The van der Waals surface area contributed by atoms with Crippen molar-refractivity contribution in [3.63, 3.8) is 0 Å². The van der Waals surface area contributed by atoms with Gasteiger partial charge in [0.15, 0.2) is 0 Å². The molecule has 4 heteroatoms. The number of benzene rings is 1. The first-order valence-electron chi connectivity index (χ1n) is 6.02. The number of esters is 1. The van der Waals surface area contributed by atoms with E-state index in [2.05, 4.69) is 20.8 Å². The molecule has 2 N–H and O–H groups in total. The summed E-state index contributed by atoms with van der Waals surface area (Å²) in [7, 11) is 0. The molecule has 0 aromatic heterocycles. The van der Waals surface area contributed by atoms with Crippen LogP contribution in [-0.2, 0) is 4.74 Å². The van der Waals surface area contributed by atoms with Crippen molar-refractivity contribution in [2.75, 3.05) is 12.3 Å². The lowest BCUT2D eigenvalue weighted by Crippen LogP contribution is -2.11. The SMILES string of the molecule is CC(C)(C)CCCOC(=O)c1ccc(Cl)cc1N. The van der Waals surface area contributed by atoms with E-state index < -0.39 is 5.97 Å². The van der Waals surface area contributed by atoms with Gasteiger partial charge in [-0.25, -0.2) is 4.79 Å². The second-order valence-electron chi connectivity index (χ2n) is 5.53. The van der Waals surface area contributed by atoms with Crippen LogP contribution in [0.5, 0.6) is 0 Å². The van der Waals surface area contributed by atoms with E-state index in [1.807, 2.05) is 0 Å². The van der Waals surface area contributed by atoms with Gasteiger partial charge < -0.3 is 10.5 Å². The van der Waals surface area contributed by atoms with E-state index >= 15 is 0 Å². The van der Waals surface area contributed by atoms with Crippen LogP contribution in [0, 0.1) is 5.41 Å². The zero-order chi connectivity index (χ0) is 13.8. The number of hydrogen-bond acceptors (Lipinski definition) is 3. The molecule has 18 heavy (non-hydrogen) atoms. The third-order valence-corrected chi connectivity index (χ3v) is 2.77. The van der Waals surface area contributed by atoms with E-state index in [9.17, 15) is 4.79 Å². The van der Waals surface area contributed by atoms with E-state index in [4.69, 9.17) is 22.1 Å². The van der Waals surface area contributed by atoms with E-state index in [1.54, 1.807) is 18.2 Å². The van der Waals surface area contributed by atoms with Crippen molar-refractivity contribution in [2.45, 2.75) is 33.6 Å². The van der Waals surface area contributed by atoms with E-state index in [-0.39, 0.29) is 5.41 Å². The molecule has 0 radical (unpaired) electrons. The Labute approximate surface area is 113 Å². The smallest absolute Gasteiger partial charge is 0.340 e. The van der Waals surface area contributed by atoms with Crippen molar-refractivity contribution < 1.29 is 9.53 Å². The standard InChI is InChI=1S/C14H20ClNO2/c1-14(2,3)7-4-8-18-13(17)11-6-5-10(15)9-12(11)16/h5-6,9H,4,7-8,16H2,1-3H3. The molecule has 0 bridgehead atoms. The van der Waals surface area contributed by atoms with Crippen molar-refractivity contribution in [1.29, 1.82) is 0 Å². The summed E-state index contributed by atoms with van der Waals surface area (Å²) < 4.78 is 5.18. The topological polar surface area (TPSA) is 52.3 Å². The molecule has 1 rings (SSSR count). The van der Waals surface area contributed by atoms with Gasteiger partial charge in [0, 0.05) is 10.7 Å². The number of anilines is 1. The summed E-state index contributed by atoms with van der Waals surface area (Å²) in [5, 5.41) is 0.511. The Morgan fingerprint density at radius 2 is 2.06 bits per heavy atom. The maximum atomic E-state index is 11.8. The average molecular weight is 270 g/mol. The molecule has 100 valence electrons. The maximum absolute atomic E-state index is 11.8. The molecule has 0 aliphatic heterocycles. The molecule has 0 fully saturated rings. The van der Waals surface area contributed by atoms with Crippen LogP contribution >= 0.6 is 11.6 Å². The summed E-state index contributed by atoms with van der Waals surface area (Å²) >= 11 is 5.77. The highest BCUT2D eigenvalue weighted by atomic mass is 35.5. The summed E-state index contributed by atoms with van der Waals surface area (Å²) in [4.78, 5) is 11.8. The maximum Gasteiger partial charge on any atom is 0.340 e. The molecule has 0 spiro atoms. The molecular weight excluding hydrogens is 250 g/mol. The molecule has 1 aromatic rings. The number of rotatable bonds is 4. The summed E-state index contributed by atoms with van der Waals surface area (Å²) in [5.74, 6) is -0.391. The summed E-state index contributed by atoms with van der Waals surface area (Å²) in [6.45, 7) is 6.89. The number of ether oxygens (including phenoxy) is 1. The minimum atomic E-state index is -0.391.